The molecule has 72 valence electrons. The highest BCUT2D eigenvalue weighted by Crippen LogP contribution is 2.28. The van der Waals surface area contributed by atoms with Gasteiger partial charge in [-0.3, -0.25) is 9.97 Å². The maximum absolute atomic E-state index is 13.1. The fourth-order valence-electron chi connectivity index (χ4n) is 0.891. The molecule has 0 spiro atoms. The van der Waals surface area contributed by atoms with E-state index in [1.807, 2.05) is 0 Å². The van der Waals surface area contributed by atoms with E-state index in [-0.39, 0.29) is 12.2 Å². The molecule has 0 amide bonds. The second-order valence-electron chi connectivity index (χ2n) is 2.79. The van der Waals surface area contributed by atoms with Crippen molar-refractivity contribution in [2.24, 2.45) is 5.73 Å². The Morgan fingerprint density at radius 2 is 2.08 bits per heavy atom. The Morgan fingerprint density at radius 1 is 1.38 bits per heavy atom. The molecule has 0 bridgehead atoms. The highest BCUT2D eigenvalue weighted by Gasteiger charge is 2.32. The van der Waals surface area contributed by atoms with Gasteiger partial charge in [-0.05, 0) is 13.5 Å². The lowest BCUT2D eigenvalue weighted by molar-refractivity contribution is -0.0155. The molecule has 5 heteroatoms. The van der Waals surface area contributed by atoms with Gasteiger partial charge in [0.15, 0.2) is 0 Å². The number of nitrogens with zero attached hydrogens (tertiary/aromatic N) is 2. The van der Waals surface area contributed by atoms with Gasteiger partial charge in [-0.15, -0.1) is 0 Å². The van der Waals surface area contributed by atoms with Gasteiger partial charge >= 0.3 is 0 Å². The van der Waals surface area contributed by atoms with Crippen molar-refractivity contribution in [1.82, 2.24) is 9.97 Å². The number of nitrogens with two attached hydrogens (primary N) is 1. The van der Waals surface area contributed by atoms with Gasteiger partial charge in [-0.25, -0.2) is 0 Å². The molecule has 2 N–H and O–H groups in total. The molecule has 0 saturated carbocycles. The number of halogens is 2. The molecule has 1 rings (SSSR count). The monoisotopic (exact) mass is 187 g/mol. The summed E-state index contributed by atoms with van der Waals surface area (Å²) in [5, 5.41) is 0. The molecular formula is C8H11F2N3. The average Bonchev–Trinajstić information content (AvgIpc) is 2.05. The van der Waals surface area contributed by atoms with E-state index in [1.54, 1.807) is 6.92 Å². The van der Waals surface area contributed by atoms with Crippen LogP contribution >= 0.6 is 0 Å². The predicted molar refractivity (Wildman–Crippen MR) is 44.3 cm³/mol. The molecule has 0 unspecified atom stereocenters. The normalized spacial score (nSPS) is 11.7. The zero-order valence-electron chi connectivity index (χ0n) is 7.30. The van der Waals surface area contributed by atoms with Crippen LogP contribution in [0.1, 0.15) is 17.8 Å². The summed E-state index contributed by atoms with van der Waals surface area (Å²) in [7, 11) is 0. The van der Waals surface area contributed by atoms with Crippen molar-refractivity contribution >= 4 is 0 Å². The van der Waals surface area contributed by atoms with E-state index >= 15 is 0 Å². The van der Waals surface area contributed by atoms with Crippen LogP contribution in [0.3, 0.4) is 0 Å². The summed E-state index contributed by atoms with van der Waals surface area (Å²) in [6, 6.07) is 0. The third kappa shape index (κ3) is 2.42. The summed E-state index contributed by atoms with van der Waals surface area (Å²) in [4.78, 5) is 7.34. The molecule has 0 aliphatic rings. The van der Waals surface area contributed by atoms with Crippen molar-refractivity contribution < 1.29 is 8.78 Å². The summed E-state index contributed by atoms with van der Waals surface area (Å²) in [6.45, 7) is 1.63. The number of aromatic nitrogens is 2. The molecule has 0 fully saturated rings. The van der Waals surface area contributed by atoms with Crippen LogP contribution in [0, 0.1) is 6.92 Å². The minimum absolute atomic E-state index is 0.0669. The quantitative estimate of drug-likeness (QED) is 0.774. The summed E-state index contributed by atoms with van der Waals surface area (Å²) in [5.41, 5.74) is 5.36. The summed E-state index contributed by atoms with van der Waals surface area (Å²) >= 11 is 0. The van der Waals surface area contributed by atoms with Gasteiger partial charge in [0.25, 0.3) is 5.92 Å². The van der Waals surface area contributed by atoms with Crippen molar-refractivity contribution in [1.29, 1.82) is 0 Å². The molecule has 3 nitrogen and oxygen atoms in total. The number of alkyl halides is 2. The van der Waals surface area contributed by atoms with Crippen molar-refractivity contribution in [3.8, 4) is 0 Å². The average molecular weight is 187 g/mol. The molecule has 1 aromatic heterocycles. The summed E-state index contributed by atoms with van der Waals surface area (Å²) in [5.74, 6) is -2.96. The topological polar surface area (TPSA) is 51.8 Å². The lowest BCUT2D eigenvalue weighted by Gasteiger charge is -2.13. The van der Waals surface area contributed by atoms with E-state index < -0.39 is 12.3 Å². The number of rotatable bonds is 3. The molecular weight excluding hydrogens is 176 g/mol. The molecule has 13 heavy (non-hydrogen) atoms. The van der Waals surface area contributed by atoms with Crippen molar-refractivity contribution in [3.63, 3.8) is 0 Å². The third-order valence-corrected chi connectivity index (χ3v) is 1.61. The maximum Gasteiger partial charge on any atom is 0.292 e. The fraction of sp³-hybridized carbons (Fsp3) is 0.500. The van der Waals surface area contributed by atoms with Crippen LogP contribution in [0.2, 0.25) is 0 Å². The lowest BCUT2D eigenvalue weighted by Crippen LogP contribution is -2.20. The Morgan fingerprint density at radius 3 is 2.54 bits per heavy atom. The van der Waals surface area contributed by atoms with Crippen LogP contribution < -0.4 is 5.73 Å². The largest absolute Gasteiger partial charge is 0.330 e. The number of hydrogen-bond acceptors (Lipinski definition) is 3. The van der Waals surface area contributed by atoms with E-state index in [0.29, 0.717) is 5.69 Å². The molecule has 1 heterocycles. The SMILES string of the molecule is Cc1cnc(C(F)(F)CCN)cn1. The zero-order chi connectivity index (χ0) is 9.90. The van der Waals surface area contributed by atoms with E-state index in [0.717, 1.165) is 6.20 Å². The maximum atomic E-state index is 13.1. The van der Waals surface area contributed by atoms with Gasteiger partial charge in [-0.2, -0.15) is 8.78 Å². The van der Waals surface area contributed by atoms with Crippen LogP contribution in [-0.2, 0) is 5.92 Å². The van der Waals surface area contributed by atoms with E-state index in [9.17, 15) is 8.78 Å². The van der Waals surface area contributed by atoms with E-state index in [2.05, 4.69) is 9.97 Å². The van der Waals surface area contributed by atoms with Gasteiger partial charge in [0.05, 0.1) is 11.9 Å². The van der Waals surface area contributed by atoms with Gasteiger partial charge in [0.1, 0.15) is 5.69 Å². The summed E-state index contributed by atoms with van der Waals surface area (Å²) in [6.07, 6.45) is 2.01. The Kier molecular flexibility index (Phi) is 2.87. The van der Waals surface area contributed by atoms with Gasteiger partial charge < -0.3 is 5.73 Å². The minimum atomic E-state index is -2.96. The zero-order valence-corrected chi connectivity index (χ0v) is 7.30. The first kappa shape index (κ1) is 9.98. The van der Waals surface area contributed by atoms with E-state index in [1.165, 1.54) is 6.20 Å². The van der Waals surface area contributed by atoms with Crippen LogP contribution in [0.5, 0.6) is 0 Å². The van der Waals surface area contributed by atoms with Crippen LogP contribution in [0.4, 0.5) is 8.78 Å². The van der Waals surface area contributed by atoms with Gasteiger partial charge in [-0.1, -0.05) is 0 Å². The second-order valence-corrected chi connectivity index (χ2v) is 2.79. The number of hydrogen-bond donors (Lipinski definition) is 1. The molecule has 0 saturated heterocycles. The fourth-order valence-corrected chi connectivity index (χ4v) is 0.891. The third-order valence-electron chi connectivity index (χ3n) is 1.61. The van der Waals surface area contributed by atoms with Crippen LogP contribution in [0.25, 0.3) is 0 Å². The molecule has 0 atom stereocenters. The van der Waals surface area contributed by atoms with Gasteiger partial charge in [0, 0.05) is 12.6 Å². The molecule has 0 aliphatic heterocycles. The number of aryl methyl sites for hydroxylation is 1. The molecule has 0 aromatic carbocycles. The first-order valence-electron chi connectivity index (χ1n) is 3.93. The highest BCUT2D eigenvalue weighted by molar-refractivity contribution is 5.06. The smallest absolute Gasteiger partial charge is 0.292 e. The van der Waals surface area contributed by atoms with E-state index in [4.69, 9.17) is 5.73 Å². The van der Waals surface area contributed by atoms with Crippen LogP contribution in [0.15, 0.2) is 12.4 Å². The Labute approximate surface area is 75.0 Å². The molecule has 0 aliphatic carbocycles. The highest BCUT2D eigenvalue weighted by atomic mass is 19.3. The van der Waals surface area contributed by atoms with Gasteiger partial charge in [0.2, 0.25) is 0 Å². The van der Waals surface area contributed by atoms with Crippen molar-refractivity contribution in [3.05, 3.63) is 23.8 Å². The summed E-state index contributed by atoms with van der Waals surface area (Å²) < 4.78 is 26.2. The van der Waals surface area contributed by atoms with Crippen molar-refractivity contribution in [2.45, 2.75) is 19.3 Å². The first-order valence-corrected chi connectivity index (χ1v) is 3.93. The Balaban J connectivity index is 2.87. The van der Waals surface area contributed by atoms with Crippen LogP contribution in [-0.4, -0.2) is 16.5 Å². The first-order chi connectivity index (χ1) is 6.06. The standard InChI is InChI=1S/C8H11F2N3/c1-6-4-13-7(5-12-6)8(9,10)2-3-11/h4-5H,2-3,11H2,1H3. The Hall–Kier alpha value is -1.10. The molecule has 1 aromatic rings. The predicted octanol–water partition coefficient (Wildman–Crippen LogP) is 1.23. The lowest BCUT2D eigenvalue weighted by atomic mass is 10.2. The molecule has 0 radical (unpaired) electrons. The second kappa shape index (κ2) is 3.74. The minimum Gasteiger partial charge on any atom is -0.330 e. The van der Waals surface area contributed by atoms with Crippen molar-refractivity contribution in [2.75, 3.05) is 6.54 Å². The Bertz CT molecular complexity index is 271.